The molecule has 150 valence electrons. The van der Waals surface area contributed by atoms with Gasteiger partial charge in [0, 0.05) is 43.4 Å². The van der Waals surface area contributed by atoms with E-state index in [0.29, 0.717) is 18.2 Å². The molecule has 1 aromatic heterocycles. The highest BCUT2D eigenvalue weighted by atomic mass is 32.1. The van der Waals surface area contributed by atoms with Crippen molar-refractivity contribution in [1.82, 2.24) is 10.2 Å². The van der Waals surface area contributed by atoms with E-state index in [-0.39, 0.29) is 0 Å². The summed E-state index contributed by atoms with van der Waals surface area (Å²) in [7, 11) is 3.90. The maximum absolute atomic E-state index is 12.0. The Labute approximate surface area is 170 Å². The molecule has 0 unspecified atom stereocenters. The zero-order valence-corrected chi connectivity index (χ0v) is 17.3. The zero-order chi connectivity index (χ0) is 19.9. The minimum absolute atomic E-state index is 0.482. The molecule has 7 heteroatoms. The molecule has 0 saturated carbocycles. The fourth-order valence-electron chi connectivity index (χ4n) is 3.40. The quantitative estimate of drug-likeness (QED) is 0.732. The number of piperidine rings is 1. The number of likely N-dealkylation sites (tertiary alicyclic amines) is 1. The number of hydrogen-bond acceptors (Lipinski definition) is 5. The van der Waals surface area contributed by atoms with Crippen LogP contribution in [-0.4, -0.2) is 57.0 Å². The van der Waals surface area contributed by atoms with Gasteiger partial charge in [0.2, 0.25) is 0 Å². The number of thiophene rings is 1. The van der Waals surface area contributed by atoms with Crippen molar-refractivity contribution in [2.75, 3.05) is 50.5 Å². The summed E-state index contributed by atoms with van der Waals surface area (Å²) in [5, 5.41) is 7.49. The maximum atomic E-state index is 12.0. The Morgan fingerprint density at radius 1 is 1.11 bits per heavy atom. The van der Waals surface area contributed by atoms with Gasteiger partial charge in [-0.25, -0.2) is 0 Å². The zero-order valence-electron chi connectivity index (χ0n) is 16.5. The van der Waals surface area contributed by atoms with Crippen molar-refractivity contribution in [1.29, 1.82) is 0 Å². The number of nitrogens with one attached hydrogen (secondary N) is 2. The Bertz CT molecular complexity index is 766. The molecule has 0 spiro atoms. The molecule has 28 heavy (non-hydrogen) atoms. The van der Waals surface area contributed by atoms with Gasteiger partial charge in [-0.2, -0.15) is 0 Å². The summed E-state index contributed by atoms with van der Waals surface area (Å²) in [6.45, 7) is 3.31. The lowest BCUT2D eigenvalue weighted by atomic mass is 9.95. The van der Waals surface area contributed by atoms with E-state index >= 15 is 0 Å². The number of hydrogen-bond donors (Lipinski definition) is 2. The lowest BCUT2D eigenvalue weighted by Crippen LogP contribution is -2.42. The molecule has 3 rings (SSSR count). The number of anilines is 2. The van der Waals surface area contributed by atoms with Gasteiger partial charge >= 0.3 is 11.8 Å². The SMILES string of the molecule is CN(C)c1ccc(NC(=O)C(=O)NCCN2CCC(c3cccs3)CC2)cc1. The highest BCUT2D eigenvalue weighted by Crippen LogP contribution is 2.30. The minimum atomic E-state index is -0.631. The molecule has 2 heterocycles. The molecule has 0 bridgehead atoms. The van der Waals surface area contributed by atoms with Crippen LogP contribution in [0.15, 0.2) is 41.8 Å². The van der Waals surface area contributed by atoms with Gasteiger partial charge in [-0.15, -0.1) is 11.3 Å². The highest BCUT2D eigenvalue weighted by Gasteiger charge is 2.21. The van der Waals surface area contributed by atoms with Crippen molar-refractivity contribution < 1.29 is 9.59 Å². The molecule has 6 nitrogen and oxygen atoms in total. The van der Waals surface area contributed by atoms with E-state index in [1.54, 1.807) is 12.1 Å². The first-order valence-electron chi connectivity index (χ1n) is 9.65. The Balaban J connectivity index is 1.35. The Morgan fingerprint density at radius 2 is 1.82 bits per heavy atom. The predicted octanol–water partition coefficient (Wildman–Crippen LogP) is 2.75. The minimum Gasteiger partial charge on any atom is -0.378 e. The predicted molar refractivity (Wildman–Crippen MR) is 115 cm³/mol. The second-order valence-corrected chi connectivity index (χ2v) is 8.26. The molecule has 1 aromatic carbocycles. The molecule has 2 aromatic rings. The van der Waals surface area contributed by atoms with E-state index in [4.69, 9.17) is 0 Å². The Kier molecular flexibility index (Phi) is 7.06. The molecule has 1 aliphatic heterocycles. The standard InChI is InChI=1S/C21H28N4O2S/c1-24(2)18-7-5-17(6-8-18)23-21(27)20(26)22-11-14-25-12-9-16(10-13-25)19-4-3-15-28-19/h3-8,15-16H,9-14H2,1-2H3,(H,22,26)(H,23,27). The average Bonchev–Trinajstić information content (AvgIpc) is 3.23. The normalized spacial score (nSPS) is 15.2. The van der Waals surface area contributed by atoms with Crippen molar-refractivity contribution in [3.05, 3.63) is 46.7 Å². The molecule has 2 N–H and O–H groups in total. The van der Waals surface area contributed by atoms with Crippen LogP contribution in [0.2, 0.25) is 0 Å². The first-order chi connectivity index (χ1) is 13.5. The van der Waals surface area contributed by atoms with Crippen LogP contribution in [0.25, 0.3) is 0 Å². The summed E-state index contributed by atoms with van der Waals surface area (Å²) >= 11 is 1.84. The molecule has 0 atom stereocenters. The van der Waals surface area contributed by atoms with Crippen LogP contribution in [0.5, 0.6) is 0 Å². The Morgan fingerprint density at radius 3 is 2.43 bits per heavy atom. The van der Waals surface area contributed by atoms with E-state index in [9.17, 15) is 9.59 Å². The van der Waals surface area contributed by atoms with Gasteiger partial charge in [0.15, 0.2) is 0 Å². The fraction of sp³-hybridized carbons (Fsp3) is 0.429. The summed E-state index contributed by atoms with van der Waals surface area (Å²) in [5.74, 6) is -0.560. The second-order valence-electron chi connectivity index (χ2n) is 7.28. The van der Waals surface area contributed by atoms with E-state index in [1.165, 1.54) is 4.88 Å². The Hall–Kier alpha value is -2.38. The molecular formula is C21H28N4O2S. The molecule has 1 aliphatic rings. The van der Waals surface area contributed by atoms with Crippen LogP contribution in [0.1, 0.15) is 23.6 Å². The first-order valence-corrected chi connectivity index (χ1v) is 10.5. The van der Waals surface area contributed by atoms with Gasteiger partial charge in [0.25, 0.3) is 0 Å². The average molecular weight is 401 g/mol. The lowest BCUT2D eigenvalue weighted by Gasteiger charge is -2.31. The third-order valence-corrected chi connectivity index (χ3v) is 6.13. The molecule has 2 amide bonds. The van der Waals surface area contributed by atoms with Crippen molar-refractivity contribution in [3.63, 3.8) is 0 Å². The van der Waals surface area contributed by atoms with Crippen molar-refractivity contribution >= 4 is 34.5 Å². The maximum Gasteiger partial charge on any atom is 0.313 e. The summed E-state index contributed by atoms with van der Waals surface area (Å²) in [6.07, 6.45) is 2.30. The molecule has 1 saturated heterocycles. The third-order valence-electron chi connectivity index (χ3n) is 5.09. The summed E-state index contributed by atoms with van der Waals surface area (Å²) < 4.78 is 0. The third kappa shape index (κ3) is 5.56. The molecule has 1 fully saturated rings. The summed E-state index contributed by atoms with van der Waals surface area (Å²) in [5.41, 5.74) is 1.65. The number of carbonyl (C=O) groups excluding carboxylic acids is 2. The number of rotatable bonds is 6. The topological polar surface area (TPSA) is 64.7 Å². The van der Waals surface area contributed by atoms with Crippen LogP contribution in [0.3, 0.4) is 0 Å². The van der Waals surface area contributed by atoms with E-state index in [0.717, 1.165) is 38.2 Å². The molecule has 0 aliphatic carbocycles. The van der Waals surface area contributed by atoms with Crippen LogP contribution < -0.4 is 15.5 Å². The van der Waals surface area contributed by atoms with Gasteiger partial charge in [-0.1, -0.05) is 6.07 Å². The van der Waals surface area contributed by atoms with Crippen molar-refractivity contribution in [2.45, 2.75) is 18.8 Å². The number of carbonyl (C=O) groups is 2. The van der Waals surface area contributed by atoms with E-state index in [2.05, 4.69) is 33.0 Å². The van der Waals surface area contributed by atoms with Crippen LogP contribution in [0.4, 0.5) is 11.4 Å². The largest absolute Gasteiger partial charge is 0.378 e. The van der Waals surface area contributed by atoms with Crippen molar-refractivity contribution in [2.24, 2.45) is 0 Å². The van der Waals surface area contributed by atoms with Crippen LogP contribution in [0, 0.1) is 0 Å². The molecular weight excluding hydrogens is 372 g/mol. The van der Waals surface area contributed by atoms with Crippen LogP contribution in [-0.2, 0) is 9.59 Å². The monoisotopic (exact) mass is 400 g/mol. The fourth-order valence-corrected chi connectivity index (χ4v) is 4.30. The van der Waals surface area contributed by atoms with Gasteiger partial charge < -0.3 is 20.4 Å². The first kappa shape index (κ1) is 20.4. The lowest BCUT2D eigenvalue weighted by molar-refractivity contribution is -0.136. The second kappa shape index (κ2) is 9.71. The van der Waals surface area contributed by atoms with Gasteiger partial charge in [-0.05, 0) is 67.6 Å². The van der Waals surface area contributed by atoms with Gasteiger partial charge in [0.1, 0.15) is 0 Å². The summed E-state index contributed by atoms with van der Waals surface area (Å²) in [4.78, 5) is 29.9. The van der Waals surface area contributed by atoms with Crippen molar-refractivity contribution in [3.8, 4) is 0 Å². The van der Waals surface area contributed by atoms with E-state index < -0.39 is 11.8 Å². The molecule has 0 radical (unpaired) electrons. The summed E-state index contributed by atoms with van der Waals surface area (Å²) in [6, 6.07) is 11.7. The smallest absolute Gasteiger partial charge is 0.313 e. The van der Waals surface area contributed by atoms with Gasteiger partial charge in [0.05, 0.1) is 0 Å². The van der Waals surface area contributed by atoms with Crippen LogP contribution >= 0.6 is 11.3 Å². The number of amides is 2. The number of nitrogens with zero attached hydrogens (tertiary/aromatic N) is 2. The highest BCUT2D eigenvalue weighted by molar-refractivity contribution is 7.10. The van der Waals surface area contributed by atoms with E-state index in [1.807, 2.05) is 42.5 Å². The van der Waals surface area contributed by atoms with Gasteiger partial charge in [-0.3, -0.25) is 9.59 Å². The number of benzene rings is 1.